The molecule has 0 aromatic heterocycles. The van der Waals surface area contributed by atoms with Crippen LogP contribution in [0.1, 0.15) is 12.8 Å². The second-order valence-corrected chi connectivity index (χ2v) is 2.60. The van der Waals surface area contributed by atoms with Crippen molar-refractivity contribution in [1.82, 2.24) is 0 Å². The van der Waals surface area contributed by atoms with E-state index in [4.69, 9.17) is 14.6 Å². The molecular formula is C7H12O4. The highest BCUT2D eigenvalue weighted by Crippen LogP contribution is 2.25. The second kappa shape index (κ2) is 3.69. The minimum absolute atomic E-state index is 0.0420. The van der Waals surface area contributed by atoms with E-state index in [1.807, 2.05) is 0 Å². The molecule has 64 valence electrons. The standard InChI is InChI=1S/C7H12O4/c1-10-5-2-6(3-5)11-7(9)4-8/h5-6,8H,2-4H2,1H3. The Balaban J connectivity index is 2.08. The maximum atomic E-state index is 10.5. The lowest BCUT2D eigenvalue weighted by atomic mass is 9.92. The first kappa shape index (κ1) is 8.49. The van der Waals surface area contributed by atoms with Crippen LogP contribution in [0.5, 0.6) is 0 Å². The highest BCUT2D eigenvalue weighted by atomic mass is 16.6. The van der Waals surface area contributed by atoms with Gasteiger partial charge in [0.1, 0.15) is 12.7 Å². The fraction of sp³-hybridized carbons (Fsp3) is 0.857. The fourth-order valence-corrected chi connectivity index (χ4v) is 1.03. The summed E-state index contributed by atoms with van der Waals surface area (Å²) in [6, 6.07) is 0. The van der Waals surface area contributed by atoms with Crippen LogP contribution in [0.2, 0.25) is 0 Å². The van der Waals surface area contributed by atoms with E-state index in [1.165, 1.54) is 0 Å². The van der Waals surface area contributed by atoms with Crippen LogP contribution in [0.25, 0.3) is 0 Å². The minimum atomic E-state index is -0.551. The predicted octanol–water partition coefficient (Wildman–Crippen LogP) is -0.301. The lowest BCUT2D eigenvalue weighted by Crippen LogP contribution is -2.38. The number of esters is 1. The van der Waals surface area contributed by atoms with Crippen molar-refractivity contribution in [1.29, 1.82) is 0 Å². The number of rotatable bonds is 3. The number of hydrogen-bond donors (Lipinski definition) is 1. The van der Waals surface area contributed by atoms with Crippen LogP contribution < -0.4 is 0 Å². The van der Waals surface area contributed by atoms with Crippen molar-refractivity contribution in [2.45, 2.75) is 25.0 Å². The molecule has 0 amide bonds. The Hall–Kier alpha value is -0.610. The molecule has 1 aliphatic rings. The molecular weight excluding hydrogens is 148 g/mol. The zero-order valence-electron chi connectivity index (χ0n) is 6.45. The summed E-state index contributed by atoms with van der Waals surface area (Å²) in [5, 5.41) is 8.32. The lowest BCUT2D eigenvalue weighted by Gasteiger charge is -2.33. The topological polar surface area (TPSA) is 55.8 Å². The van der Waals surface area contributed by atoms with E-state index in [-0.39, 0.29) is 12.2 Å². The quantitative estimate of drug-likeness (QED) is 0.576. The Morgan fingerprint density at radius 3 is 2.64 bits per heavy atom. The monoisotopic (exact) mass is 160 g/mol. The van der Waals surface area contributed by atoms with Crippen LogP contribution in [0.15, 0.2) is 0 Å². The third-order valence-corrected chi connectivity index (χ3v) is 1.81. The SMILES string of the molecule is COC1CC(OC(=O)CO)C1. The van der Waals surface area contributed by atoms with Crippen LogP contribution in [0.3, 0.4) is 0 Å². The fourth-order valence-electron chi connectivity index (χ4n) is 1.03. The number of aliphatic hydroxyl groups excluding tert-OH is 1. The molecule has 0 aliphatic heterocycles. The van der Waals surface area contributed by atoms with Gasteiger partial charge >= 0.3 is 5.97 Å². The Morgan fingerprint density at radius 2 is 2.18 bits per heavy atom. The van der Waals surface area contributed by atoms with Crippen LogP contribution >= 0.6 is 0 Å². The summed E-state index contributed by atoms with van der Waals surface area (Å²) < 4.78 is 9.78. The van der Waals surface area contributed by atoms with E-state index in [9.17, 15) is 4.79 Å². The largest absolute Gasteiger partial charge is 0.460 e. The molecule has 0 heterocycles. The number of hydrogen-bond acceptors (Lipinski definition) is 4. The van der Waals surface area contributed by atoms with Crippen molar-refractivity contribution in [2.75, 3.05) is 13.7 Å². The van der Waals surface area contributed by atoms with Gasteiger partial charge in [-0.1, -0.05) is 0 Å². The van der Waals surface area contributed by atoms with E-state index in [2.05, 4.69) is 0 Å². The van der Waals surface area contributed by atoms with Gasteiger partial charge in [0.15, 0.2) is 0 Å². The van der Waals surface area contributed by atoms with Gasteiger partial charge in [-0.05, 0) is 0 Å². The zero-order valence-corrected chi connectivity index (χ0v) is 6.45. The maximum absolute atomic E-state index is 10.5. The van der Waals surface area contributed by atoms with Crippen LogP contribution in [0, 0.1) is 0 Å². The Kier molecular flexibility index (Phi) is 2.84. The summed E-state index contributed by atoms with van der Waals surface area (Å²) in [6.07, 6.45) is 1.69. The average molecular weight is 160 g/mol. The first-order valence-corrected chi connectivity index (χ1v) is 3.59. The third kappa shape index (κ3) is 2.17. The molecule has 1 saturated carbocycles. The van der Waals surface area contributed by atoms with Crippen molar-refractivity contribution >= 4 is 5.97 Å². The summed E-state index contributed by atoms with van der Waals surface area (Å²) in [7, 11) is 1.63. The molecule has 11 heavy (non-hydrogen) atoms. The van der Waals surface area contributed by atoms with Gasteiger partial charge in [0.25, 0.3) is 0 Å². The van der Waals surface area contributed by atoms with Crippen molar-refractivity contribution in [3.8, 4) is 0 Å². The molecule has 0 aromatic rings. The molecule has 1 fully saturated rings. The van der Waals surface area contributed by atoms with Crippen molar-refractivity contribution < 1.29 is 19.4 Å². The average Bonchev–Trinajstić information content (AvgIpc) is 1.95. The summed E-state index contributed by atoms with van der Waals surface area (Å²) >= 11 is 0. The van der Waals surface area contributed by atoms with Gasteiger partial charge < -0.3 is 14.6 Å². The highest BCUT2D eigenvalue weighted by Gasteiger charge is 2.31. The smallest absolute Gasteiger partial charge is 0.332 e. The Morgan fingerprint density at radius 1 is 1.55 bits per heavy atom. The number of aliphatic hydroxyl groups is 1. The molecule has 1 rings (SSSR count). The zero-order chi connectivity index (χ0) is 8.27. The molecule has 1 N–H and O–H groups in total. The molecule has 0 spiro atoms. The van der Waals surface area contributed by atoms with Gasteiger partial charge in [0, 0.05) is 20.0 Å². The highest BCUT2D eigenvalue weighted by molar-refractivity contribution is 5.70. The number of carbonyl (C=O) groups is 1. The number of methoxy groups -OCH3 is 1. The minimum Gasteiger partial charge on any atom is -0.460 e. The van der Waals surface area contributed by atoms with E-state index in [0.717, 1.165) is 12.8 Å². The summed E-state index contributed by atoms with van der Waals surface area (Å²) in [6.45, 7) is -0.534. The van der Waals surface area contributed by atoms with Gasteiger partial charge in [-0.25, -0.2) is 4.79 Å². The number of ether oxygens (including phenoxy) is 2. The first-order valence-electron chi connectivity index (χ1n) is 3.59. The van der Waals surface area contributed by atoms with Gasteiger partial charge in [0.2, 0.25) is 0 Å². The van der Waals surface area contributed by atoms with E-state index in [1.54, 1.807) is 7.11 Å². The first-order chi connectivity index (χ1) is 5.26. The molecule has 0 radical (unpaired) electrons. The maximum Gasteiger partial charge on any atom is 0.332 e. The van der Waals surface area contributed by atoms with E-state index < -0.39 is 12.6 Å². The molecule has 1 aliphatic carbocycles. The molecule has 4 nitrogen and oxygen atoms in total. The van der Waals surface area contributed by atoms with Gasteiger partial charge in [-0.3, -0.25) is 0 Å². The van der Waals surface area contributed by atoms with Gasteiger partial charge in [0.05, 0.1) is 6.10 Å². The third-order valence-electron chi connectivity index (χ3n) is 1.81. The van der Waals surface area contributed by atoms with E-state index >= 15 is 0 Å². The Bertz CT molecular complexity index is 139. The normalized spacial score (nSPS) is 29.3. The van der Waals surface area contributed by atoms with Crippen LogP contribution in [0.4, 0.5) is 0 Å². The van der Waals surface area contributed by atoms with Crippen molar-refractivity contribution in [2.24, 2.45) is 0 Å². The lowest BCUT2D eigenvalue weighted by molar-refractivity contribution is -0.163. The van der Waals surface area contributed by atoms with E-state index in [0.29, 0.717) is 0 Å². The molecule has 0 bridgehead atoms. The number of carbonyl (C=O) groups excluding carboxylic acids is 1. The molecule has 0 aromatic carbocycles. The molecule has 0 saturated heterocycles. The summed E-state index contributed by atoms with van der Waals surface area (Å²) in [5.74, 6) is -0.551. The Labute approximate surface area is 65.1 Å². The predicted molar refractivity (Wildman–Crippen MR) is 37.0 cm³/mol. The van der Waals surface area contributed by atoms with Gasteiger partial charge in [-0.15, -0.1) is 0 Å². The molecule has 0 unspecified atom stereocenters. The van der Waals surface area contributed by atoms with Crippen molar-refractivity contribution in [3.05, 3.63) is 0 Å². The second-order valence-electron chi connectivity index (χ2n) is 2.60. The van der Waals surface area contributed by atoms with Gasteiger partial charge in [-0.2, -0.15) is 0 Å². The molecule has 0 atom stereocenters. The summed E-state index contributed by atoms with van der Waals surface area (Å²) in [4.78, 5) is 10.5. The van der Waals surface area contributed by atoms with Crippen molar-refractivity contribution in [3.63, 3.8) is 0 Å². The van der Waals surface area contributed by atoms with Crippen LogP contribution in [-0.2, 0) is 14.3 Å². The molecule has 4 heteroatoms. The summed E-state index contributed by atoms with van der Waals surface area (Å²) in [5.41, 5.74) is 0. The van der Waals surface area contributed by atoms with Crippen LogP contribution in [-0.4, -0.2) is 37.0 Å².